The molecule has 0 aliphatic heterocycles. The number of halogens is 2. The van der Waals surface area contributed by atoms with Crippen molar-refractivity contribution in [2.24, 2.45) is 0 Å². The number of benzene rings is 1. The van der Waals surface area contributed by atoms with Crippen LogP contribution in [0.15, 0.2) is 18.2 Å². The highest BCUT2D eigenvalue weighted by Gasteiger charge is 2.27. The second kappa shape index (κ2) is 6.33. The molecule has 1 N–H and O–H groups in total. The molecule has 0 saturated heterocycles. The molecule has 1 aromatic carbocycles. The molecule has 7 nitrogen and oxygen atoms in total. The maximum Gasteiger partial charge on any atom is 0.312 e. The molecule has 2 rings (SSSR count). The van der Waals surface area contributed by atoms with Crippen molar-refractivity contribution in [2.45, 2.75) is 26.8 Å². The maximum atomic E-state index is 13.0. The monoisotopic (exact) mass is 340 g/mol. The third-order valence-corrected chi connectivity index (χ3v) is 3.72. The molecule has 0 saturated carbocycles. The number of hydrogen-bond donors (Lipinski definition) is 1. The van der Waals surface area contributed by atoms with Crippen LogP contribution in [0.4, 0.5) is 15.8 Å². The molecule has 1 aromatic heterocycles. The van der Waals surface area contributed by atoms with E-state index >= 15 is 0 Å². The highest BCUT2D eigenvalue weighted by molar-refractivity contribution is 6.33. The van der Waals surface area contributed by atoms with E-state index < -0.39 is 22.7 Å². The van der Waals surface area contributed by atoms with Crippen LogP contribution in [0.3, 0.4) is 0 Å². The lowest BCUT2D eigenvalue weighted by Gasteiger charge is -2.14. The summed E-state index contributed by atoms with van der Waals surface area (Å²) in [4.78, 5) is 22.8. The van der Waals surface area contributed by atoms with Crippen LogP contribution in [-0.4, -0.2) is 20.6 Å². The molecular formula is C14H14ClFN4O3. The Labute approximate surface area is 136 Å². The zero-order valence-electron chi connectivity index (χ0n) is 12.6. The number of carbonyl (C=O) groups excluding carboxylic acids is 1. The summed E-state index contributed by atoms with van der Waals surface area (Å²) in [5.74, 6) is -0.991. The van der Waals surface area contributed by atoms with Crippen molar-refractivity contribution < 1.29 is 14.1 Å². The first-order chi connectivity index (χ1) is 10.7. The van der Waals surface area contributed by atoms with Gasteiger partial charge >= 0.3 is 5.69 Å². The number of nitro groups is 1. The van der Waals surface area contributed by atoms with Gasteiger partial charge in [-0.3, -0.25) is 19.6 Å². The summed E-state index contributed by atoms with van der Waals surface area (Å²) in [6, 6.07) is 2.78. The van der Waals surface area contributed by atoms with Crippen molar-refractivity contribution in [3.05, 3.63) is 50.5 Å². The summed E-state index contributed by atoms with van der Waals surface area (Å²) < 4.78 is 14.3. The Bertz CT molecular complexity index is 791. The van der Waals surface area contributed by atoms with Crippen molar-refractivity contribution in [1.29, 1.82) is 0 Å². The quantitative estimate of drug-likeness (QED) is 0.682. The fourth-order valence-corrected chi connectivity index (χ4v) is 2.45. The molecule has 2 aromatic rings. The average molecular weight is 341 g/mol. The third kappa shape index (κ3) is 3.31. The molecule has 1 atom stereocenters. The molecule has 9 heteroatoms. The minimum absolute atomic E-state index is 0.0601. The lowest BCUT2D eigenvalue weighted by Crippen LogP contribution is -2.25. The number of aryl methyl sites for hydroxylation is 1. The van der Waals surface area contributed by atoms with Crippen LogP contribution in [0.25, 0.3) is 0 Å². The number of nitrogens with one attached hydrogen (secondary N) is 1. The van der Waals surface area contributed by atoms with Gasteiger partial charge in [-0.25, -0.2) is 4.39 Å². The lowest BCUT2D eigenvalue weighted by atomic mass is 10.2. The van der Waals surface area contributed by atoms with E-state index in [-0.39, 0.29) is 27.8 Å². The van der Waals surface area contributed by atoms with Gasteiger partial charge in [0.1, 0.15) is 23.2 Å². The van der Waals surface area contributed by atoms with Crippen LogP contribution < -0.4 is 5.32 Å². The lowest BCUT2D eigenvalue weighted by molar-refractivity contribution is -0.386. The van der Waals surface area contributed by atoms with Crippen LogP contribution in [0.1, 0.15) is 24.4 Å². The van der Waals surface area contributed by atoms with Gasteiger partial charge in [-0.1, -0.05) is 11.6 Å². The zero-order chi connectivity index (χ0) is 17.3. The fourth-order valence-electron chi connectivity index (χ4n) is 2.23. The Morgan fingerprint density at radius 1 is 1.48 bits per heavy atom. The van der Waals surface area contributed by atoms with Gasteiger partial charge < -0.3 is 5.32 Å². The molecule has 0 unspecified atom stereocenters. The third-order valence-electron chi connectivity index (χ3n) is 3.40. The van der Waals surface area contributed by atoms with Crippen LogP contribution in [-0.2, 0) is 4.79 Å². The van der Waals surface area contributed by atoms with E-state index in [1.165, 1.54) is 30.7 Å². The Kier molecular flexibility index (Phi) is 4.65. The van der Waals surface area contributed by atoms with Gasteiger partial charge in [0.05, 0.1) is 15.6 Å². The first-order valence-electron chi connectivity index (χ1n) is 6.68. The topological polar surface area (TPSA) is 90.1 Å². The second-order valence-electron chi connectivity index (χ2n) is 5.01. The van der Waals surface area contributed by atoms with Crippen molar-refractivity contribution in [1.82, 2.24) is 9.78 Å². The van der Waals surface area contributed by atoms with Gasteiger partial charge in [0, 0.05) is 0 Å². The van der Waals surface area contributed by atoms with E-state index in [1.54, 1.807) is 6.92 Å². The SMILES string of the molecule is Cc1nn([C@@H](C)C(=O)Nc2ccc(F)cc2Cl)c(C)c1[N+](=O)[O-]. The summed E-state index contributed by atoms with van der Waals surface area (Å²) >= 11 is 5.86. The van der Waals surface area contributed by atoms with Gasteiger partial charge in [-0.15, -0.1) is 0 Å². The number of anilines is 1. The van der Waals surface area contributed by atoms with E-state index in [2.05, 4.69) is 10.4 Å². The number of amides is 1. The molecule has 0 fully saturated rings. The largest absolute Gasteiger partial charge is 0.323 e. The normalized spacial score (nSPS) is 12.0. The van der Waals surface area contributed by atoms with Crippen molar-refractivity contribution >= 4 is 28.9 Å². The van der Waals surface area contributed by atoms with E-state index in [0.29, 0.717) is 0 Å². The molecule has 23 heavy (non-hydrogen) atoms. The van der Waals surface area contributed by atoms with Crippen LogP contribution in [0, 0.1) is 29.8 Å². The molecule has 122 valence electrons. The van der Waals surface area contributed by atoms with E-state index in [1.807, 2.05) is 0 Å². The Hall–Kier alpha value is -2.48. The Morgan fingerprint density at radius 3 is 2.65 bits per heavy atom. The first kappa shape index (κ1) is 16.9. The summed E-state index contributed by atoms with van der Waals surface area (Å²) in [5, 5.41) is 17.7. The molecule has 0 bridgehead atoms. The summed E-state index contributed by atoms with van der Waals surface area (Å²) in [6.45, 7) is 4.58. The van der Waals surface area contributed by atoms with Gasteiger partial charge in [0.2, 0.25) is 5.91 Å². The zero-order valence-corrected chi connectivity index (χ0v) is 13.4. The molecule has 0 radical (unpaired) electrons. The van der Waals surface area contributed by atoms with E-state index in [0.717, 1.165) is 6.07 Å². The second-order valence-corrected chi connectivity index (χ2v) is 5.42. The Morgan fingerprint density at radius 2 is 2.13 bits per heavy atom. The number of aromatic nitrogens is 2. The number of hydrogen-bond acceptors (Lipinski definition) is 4. The average Bonchev–Trinajstić information content (AvgIpc) is 2.76. The molecule has 1 amide bonds. The Balaban J connectivity index is 2.27. The molecule has 0 spiro atoms. The molecule has 0 aliphatic rings. The standard InChI is InChI=1S/C14H14ClFN4O3/c1-7-13(20(22)23)8(2)19(18-7)9(3)14(21)17-12-5-4-10(16)6-11(12)15/h4-6,9H,1-3H3,(H,17,21)/t9-/m0/s1. The molecule has 1 heterocycles. The number of rotatable bonds is 4. The first-order valence-corrected chi connectivity index (χ1v) is 7.06. The minimum atomic E-state index is -0.802. The van der Waals surface area contributed by atoms with E-state index in [4.69, 9.17) is 11.6 Å². The van der Waals surface area contributed by atoms with Crippen LogP contribution in [0.5, 0.6) is 0 Å². The predicted octanol–water partition coefficient (Wildman–Crippen LogP) is 3.40. The molecule has 0 aliphatic carbocycles. The van der Waals surface area contributed by atoms with Gasteiger partial charge in [0.15, 0.2) is 0 Å². The summed E-state index contributed by atoms with van der Waals surface area (Å²) in [7, 11) is 0. The fraction of sp³-hybridized carbons (Fsp3) is 0.286. The highest BCUT2D eigenvalue weighted by Crippen LogP contribution is 2.27. The highest BCUT2D eigenvalue weighted by atomic mass is 35.5. The van der Waals surface area contributed by atoms with Crippen molar-refractivity contribution in [3.8, 4) is 0 Å². The molecular weight excluding hydrogens is 327 g/mol. The summed E-state index contributed by atoms with van der Waals surface area (Å²) in [6.07, 6.45) is 0. The summed E-state index contributed by atoms with van der Waals surface area (Å²) in [5.41, 5.74) is 0.637. The van der Waals surface area contributed by atoms with Crippen molar-refractivity contribution in [3.63, 3.8) is 0 Å². The van der Waals surface area contributed by atoms with Gasteiger partial charge in [0.25, 0.3) is 0 Å². The number of carbonyl (C=O) groups is 1. The minimum Gasteiger partial charge on any atom is -0.323 e. The van der Waals surface area contributed by atoms with Crippen molar-refractivity contribution in [2.75, 3.05) is 5.32 Å². The van der Waals surface area contributed by atoms with Crippen LogP contribution >= 0.6 is 11.6 Å². The smallest absolute Gasteiger partial charge is 0.312 e. The number of nitrogens with zero attached hydrogens (tertiary/aromatic N) is 3. The van der Waals surface area contributed by atoms with Gasteiger partial charge in [-0.05, 0) is 39.0 Å². The van der Waals surface area contributed by atoms with Gasteiger partial charge in [-0.2, -0.15) is 5.10 Å². The van der Waals surface area contributed by atoms with Crippen LogP contribution in [0.2, 0.25) is 5.02 Å². The predicted molar refractivity (Wildman–Crippen MR) is 83.1 cm³/mol. The van der Waals surface area contributed by atoms with E-state index in [9.17, 15) is 19.3 Å². The maximum absolute atomic E-state index is 13.0.